The van der Waals surface area contributed by atoms with E-state index >= 15 is 0 Å². The first-order valence-corrected chi connectivity index (χ1v) is 4.52. The van der Waals surface area contributed by atoms with E-state index in [1.165, 1.54) is 6.08 Å². The molecule has 0 atom stereocenters. The maximum Gasteiger partial charge on any atom is 0.263 e. The molecule has 0 heterocycles. The Hall–Kier alpha value is -0.440. The lowest BCUT2D eigenvalue weighted by molar-refractivity contribution is 0.0770. The smallest absolute Gasteiger partial charge is 0.263 e. The highest BCUT2D eigenvalue weighted by Crippen LogP contribution is 2.21. The Morgan fingerprint density at radius 1 is 1.23 bits per heavy atom. The molecule has 0 aliphatic carbocycles. The van der Waals surface area contributed by atoms with Crippen LogP contribution in [0.5, 0.6) is 0 Å². The minimum atomic E-state index is -2.69. The van der Waals surface area contributed by atoms with Crippen LogP contribution in [0, 0.1) is 5.41 Å². The van der Waals surface area contributed by atoms with Crippen LogP contribution >= 0.6 is 0 Å². The van der Waals surface area contributed by atoms with Gasteiger partial charge >= 0.3 is 0 Å². The van der Waals surface area contributed by atoms with Crippen LogP contribution in [-0.2, 0) is 0 Å². The third-order valence-electron chi connectivity index (χ3n) is 1.95. The summed E-state index contributed by atoms with van der Waals surface area (Å²) in [5, 5.41) is 0. The number of hydrogen-bond acceptors (Lipinski definition) is 1. The first-order valence-electron chi connectivity index (χ1n) is 4.52. The predicted octanol–water partition coefficient (Wildman–Crippen LogP) is 2.96. The number of alkyl halides is 2. The highest BCUT2D eigenvalue weighted by molar-refractivity contribution is 4.92. The van der Waals surface area contributed by atoms with Crippen molar-refractivity contribution in [2.75, 3.05) is 6.54 Å². The van der Waals surface area contributed by atoms with Crippen molar-refractivity contribution >= 4 is 0 Å². The van der Waals surface area contributed by atoms with Gasteiger partial charge in [0.05, 0.1) is 0 Å². The maximum atomic E-state index is 12.3. The lowest BCUT2D eigenvalue weighted by Crippen LogP contribution is -2.23. The fourth-order valence-corrected chi connectivity index (χ4v) is 0.866. The minimum Gasteiger partial charge on any atom is -0.330 e. The molecule has 0 bridgehead atoms. The molecule has 2 N–H and O–H groups in total. The molecule has 0 fully saturated rings. The standard InChI is InChI=1S/C10H19F2N/c1-9(2,8-13)6-4-5-7-10(3,11)12/h5,7H,4,6,8,13H2,1-3H3/b7-5+. The second-order valence-electron chi connectivity index (χ2n) is 4.27. The fraction of sp³-hybridized carbons (Fsp3) is 0.800. The van der Waals surface area contributed by atoms with E-state index in [0.29, 0.717) is 13.0 Å². The molecule has 0 unspecified atom stereocenters. The van der Waals surface area contributed by atoms with E-state index in [2.05, 4.69) is 0 Å². The van der Waals surface area contributed by atoms with Gasteiger partial charge in [-0.25, -0.2) is 8.78 Å². The van der Waals surface area contributed by atoms with Crippen molar-refractivity contribution in [3.8, 4) is 0 Å². The molecule has 1 nitrogen and oxygen atoms in total. The Labute approximate surface area is 79.0 Å². The average Bonchev–Trinajstić information content (AvgIpc) is 1.97. The van der Waals surface area contributed by atoms with Crippen LogP contribution < -0.4 is 5.73 Å². The Kier molecular flexibility index (Phi) is 4.54. The molecule has 0 spiro atoms. The van der Waals surface area contributed by atoms with Gasteiger partial charge in [0.2, 0.25) is 0 Å². The fourth-order valence-electron chi connectivity index (χ4n) is 0.866. The topological polar surface area (TPSA) is 26.0 Å². The monoisotopic (exact) mass is 191 g/mol. The van der Waals surface area contributed by atoms with Gasteiger partial charge in [-0.15, -0.1) is 0 Å². The van der Waals surface area contributed by atoms with E-state index in [-0.39, 0.29) is 5.41 Å². The van der Waals surface area contributed by atoms with Gasteiger partial charge in [0.1, 0.15) is 0 Å². The first kappa shape index (κ1) is 12.6. The summed E-state index contributed by atoms with van der Waals surface area (Å²) in [6.45, 7) is 5.54. The van der Waals surface area contributed by atoms with Crippen molar-refractivity contribution in [2.45, 2.75) is 39.5 Å². The summed E-state index contributed by atoms with van der Waals surface area (Å²) >= 11 is 0. The summed E-state index contributed by atoms with van der Waals surface area (Å²) in [5.74, 6) is -2.69. The van der Waals surface area contributed by atoms with Gasteiger partial charge in [-0.3, -0.25) is 0 Å². The molecule has 78 valence electrons. The minimum absolute atomic E-state index is 0.0490. The highest BCUT2D eigenvalue weighted by Gasteiger charge is 2.16. The Balaban J connectivity index is 3.74. The second-order valence-corrected chi connectivity index (χ2v) is 4.27. The summed E-state index contributed by atoms with van der Waals surface area (Å²) < 4.78 is 24.6. The Morgan fingerprint density at radius 3 is 2.15 bits per heavy atom. The van der Waals surface area contributed by atoms with Crippen molar-refractivity contribution < 1.29 is 8.78 Å². The molecule has 0 aromatic carbocycles. The largest absolute Gasteiger partial charge is 0.330 e. The third-order valence-corrected chi connectivity index (χ3v) is 1.95. The molecule has 0 aromatic rings. The number of allylic oxidation sites excluding steroid dienone is 2. The molecule has 0 aliphatic heterocycles. The zero-order valence-corrected chi connectivity index (χ0v) is 8.61. The molecular weight excluding hydrogens is 172 g/mol. The van der Waals surface area contributed by atoms with Crippen molar-refractivity contribution in [3.05, 3.63) is 12.2 Å². The van der Waals surface area contributed by atoms with Gasteiger partial charge in [0, 0.05) is 6.92 Å². The van der Waals surface area contributed by atoms with E-state index in [4.69, 9.17) is 5.73 Å². The zero-order valence-electron chi connectivity index (χ0n) is 8.61. The summed E-state index contributed by atoms with van der Waals surface area (Å²) in [6.07, 6.45) is 3.97. The maximum absolute atomic E-state index is 12.3. The number of nitrogens with two attached hydrogens (primary N) is 1. The molecule has 0 saturated carbocycles. The van der Waals surface area contributed by atoms with Crippen LogP contribution in [0.25, 0.3) is 0 Å². The van der Waals surface area contributed by atoms with Gasteiger partial charge < -0.3 is 5.73 Å². The summed E-state index contributed by atoms with van der Waals surface area (Å²) in [4.78, 5) is 0. The lowest BCUT2D eigenvalue weighted by Gasteiger charge is -2.20. The van der Waals surface area contributed by atoms with Crippen molar-refractivity contribution in [1.29, 1.82) is 0 Å². The molecular formula is C10H19F2N. The normalized spacial score (nSPS) is 14.0. The van der Waals surface area contributed by atoms with Crippen LogP contribution in [-0.4, -0.2) is 12.5 Å². The number of hydrogen-bond donors (Lipinski definition) is 1. The predicted molar refractivity (Wildman–Crippen MR) is 51.8 cm³/mol. The zero-order chi connectivity index (χ0) is 10.5. The Bertz CT molecular complexity index is 168. The molecule has 0 rings (SSSR count). The van der Waals surface area contributed by atoms with Crippen molar-refractivity contribution in [1.82, 2.24) is 0 Å². The summed E-state index contributed by atoms with van der Waals surface area (Å²) in [6, 6.07) is 0. The van der Waals surface area contributed by atoms with Crippen LogP contribution in [0.4, 0.5) is 8.78 Å². The first-order chi connectivity index (χ1) is 5.77. The van der Waals surface area contributed by atoms with Crippen molar-refractivity contribution in [2.24, 2.45) is 11.1 Å². The van der Waals surface area contributed by atoms with Crippen LogP contribution in [0.2, 0.25) is 0 Å². The summed E-state index contributed by atoms with van der Waals surface area (Å²) in [5.41, 5.74) is 5.55. The highest BCUT2D eigenvalue weighted by atomic mass is 19.3. The van der Waals surface area contributed by atoms with Crippen LogP contribution in [0.15, 0.2) is 12.2 Å². The third kappa shape index (κ3) is 7.91. The van der Waals surface area contributed by atoms with Gasteiger partial charge in [-0.1, -0.05) is 19.9 Å². The van der Waals surface area contributed by atoms with Gasteiger partial charge in [0.15, 0.2) is 0 Å². The second kappa shape index (κ2) is 4.70. The molecule has 0 radical (unpaired) electrons. The van der Waals surface area contributed by atoms with E-state index in [1.807, 2.05) is 13.8 Å². The SMILES string of the molecule is CC(F)(F)/C=C/CCC(C)(C)CN. The molecule has 0 aromatic heterocycles. The lowest BCUT2D eigenvalue weighted by atomic mass is 9.88. The molecule has 0 amide bonds. The van der Waals surface area contributed by atoms with Crippen LogP contribution in [0.1, 0.15) is 33.6 Å². The molecule has 13 heavy (non-hydrogen) atoms. The van der Waals surface area contributed by atoms with E-state index in [9.17, 15) is 8.78 Å². The van der Waals surface area contributed by atoms with E-state index < -0.39 is 5.92 Å². The van der Waals surface area contributed by atoms with Crippen LogP contribution in [0.3, 0.4) is 0 Å². The molecule has 0 aliphatic rings. The number of halogens is 2. The molecule has 0 saturated heterocycles. The quantitative estimate of drug-likeness (QED) is 0.664. The van der Waals surface area contributed by atoms with Crippen molar-refractivity contribution in [3.63, 3.8) is 0 Å². The van der Waals surface area contributed by atoms with Gasteiger partial charge in [-0.05, 0) is 30.9 Å². The van der Waals surface area contributed by atoms with E-state index in [1.54, 1.807) is 0 Å². The summed E-state index contributed by atoms with van der Waals surface area (Å²) in [7, 11) is 0. The molecule has 3 heteroatoms. The average molecular weight is 191 g/mol. The Morgan fingerprint density at radius 2 is 1.77 bits per heavy atom. The van der Waals surface area contributed by atoms with E-state index in [0.717, 1.165) is 19.4 Å². The van der Waals surface area contributed by atoms with Gasteiger partial charge in [0.25, 0.3) is 5.92 Å². The van der Waals surface area contributed by atoms with Gasteiger partial charge in [-0.2, -0.15) is 0 Å². The number of rotatable bonds is 5.